The van der Waals surface area contributed by atoms with Crippen molar-refractivity contribution in [2.24, 2.45) is 11.8 Å². The Bertz CT molecular complexity index is 801. The highest BCUT2D eigenvalue weighted by atomic mass is 31.2. The molecule has 33 heavy (non-hydrogen) atoms. The molecule has 0 aromatic carbocycles. The van der Waals surface area contributed by atoms with E-state index in [1.807, 2.05) is 4.90 Å². The molecule has 0 amide bonds. The van der Waals surface area contributed by atoms with Gasteiger partial charge in [-0.2, -0.15) is 9.97 Å². The minimum atomic E-state index is -4.20. The SMILES string of the molecule is CCCCCC(CNc1nc(N)nc2c1NCN2CC(C)OCP(=O)(O)O)C1CCCCC1. The van der Waals surface area contributed by atoms with Crippen molar-refractivity contribution in [3.63, 3.8) is 0 Å². The van der Waals surface area contributed by atoms with Crippen molar-refractivity contribution in [3.05, 3.63) is 0 Å². The molecule has 0 radical (unpaired) electrons. The number of nitrogens with zero attached hydrogens (tertiary/aromatic N) is 3. The molecule has 188 valence electrons. The summed E-state index contributed by atoms with van der Waals surface area (Å²) in [5.41, 5.74) is 6.86. The van der Waals surface area contributed by atoms with Crippen LogP contribution >= 0.6 is 7.60 Å². The van der Waals surface area contributed by atoms with Crippen molar-refractivity contribution in [2.75, 3.05) is 47.4 Å². The maximum absolute atomic E-state index is 11.1. The number of ether oxygens (including phenoxy) is 1. The molecule has 0 saturated heterocycles. The van der Waals surface area contributed by atoms with E-state index in [0.717, 1.165) is 24.0 Å². The van der Waals surface area contributed by atoms with Crippen molar-refractivity contribution >= 4 is 30.9 Å². The van der Waals surface area contributed by atoms with Gasteiger partial charge in [0.25, 0.3) is 0 Å². The lowest BCUT2D eigenvalue weighted by molar-refractivity contribution is 0.0931. The van der Waals surface area contributed by atoms with Crippen LogP contribution in [0.4, 0.5) is 23.3 Å². The fourth-order valence-electron chi connectivity index (χ4n) is 4.97. The van der Waals surface area contributed by atoms with Crippen molar-refractivity contribution in [3.8, 4) is 0 Å². The lowest BCUT2D eigenvalue weighted by atomic mass is 9.77. The van der Waals surface area contributed by atoms with Crippen LogP contribution in [0.15, 0.2) is 0 Å². The van der Waals surface area contributed by atoms with E-state index in [-0.39, 0.29) is 12.1 Å². The molecule has 2 aliphatic rings. The Morgan fingerprint density at radius 3 is 2.73 bits per heavy atom. The summed E-state index contributed by atoms with van der Waals surface area (Å²) < 4.78 is 16.4. The Balaban J connectivity index is 1.65. The van der Waals surface area contributed by atoms with Gasteiger partial charge in [0, 0.05) is 13.1 Å². The van der Waals surface area contributed by atoms with Gasteiger partial charge in [-0.25, -0.2) is 0 Å². The highest BCUT2D eigenvalue weighted by Gasteiger charge is 2.28. The molecule has 1 aromatic rings. The molecule has 2 atom stereocenters. The van der Waals surface area contributed by atoms with Gasteiger partial charge in [0.1, 0.15) is 12.0 Å². The zero-order valence-corrected chi connectivity index (χ0v) is 20.9. The smallest absolute Gasteiger partial charge is 0.350 e. The van der Waals surface area contributed by atoms with Crippen LogP contribution in [0.1, 0.15) is 71.6 Å². The zero-order valence-electron chi connectivity index (χ0n) is 20.0. The summed E-state index contributed by atoms with van der Waals surface area (Å²) >= 11 is 0. The van der Waals surface area contributed by atoms with Crippen molar-refractivity contribution in [2.45, 2.75) is 77.7 Å². The van der Waals surface area contributed by atoms with E-state index < -0.39 is 13.9 Å². The second-order valence-electron chi connectivity index (χ2n) is 9.49. The number of hydrogen-bond acceptors (Lipinski definition) is 8. The van der Waals surface area contributed by atoms with E-state index in [0.29, 0.717) is 24.9 Å². The van der Waals surface area contributed by atoms with E-state index >= 15 is 0 Å². The molecule has 11 heteroatoms. The second kappa shape index (κ2) is 12.2. The lowest BCUT2D eigenvalue weighted by Gasteiger charge is -2.31. The van der Waals surface area contributed by atoms with Gasteiger partial charge in [-0.05, 0) is 25.2 Å². The number of fused-ring (bicyclic) bond motifs is 1. The Labute approximate surface area is 197 Å². The maximum atomic E-state index is 11.1. The van der Waals surface area contributed by atoms with Crippen LogP contribution in [-0.4, -0.2) is 52.0 Å². The number of hydrogen-bond donors (Lipinski definition) is 5. The predicted molar refractivity (Wildman–Crippen MR) is 132 cm³/mol. The van der Waals surface area contributed by atoms with Crippen molar-refractivity contribution in [1.82, 2.24) is 9.97 Å². The highest BCUT2D eigenvalue weighted by Crippen LogP contribution is 2.38. The third-order valence-corrected chi connectivity index (χ3v) is 7.17. The average molecular weight is 485 g/mol. The molecule has 1 saturated carbocycles. The van der Waals surface area contributed by atoms with Crippen LogP contribution in [0, 0.1) is 11.8 Å². The third kappa shape index (κ3) is 7.98. The fourth-order valence-corrected chi connectivity index (χ4v) is 5.42. The van der Waals surface area contributed by atoms with Gasteiger partial charge in [0.15, 0.2) is 11.6 Å². The van der Waals surface area contributed by atoms with Crippen LogP contribution in [0.3, 0.4) is 0 Å². The van der Waals surface area contributed by atoms with Crippen molar-refractivity contribution in [1.29, 1.82) is 0 Å². The van der Waals surface area contributed by atoms with Gasteiger partial charge in [-0.1, -0.05) is 58.3 Å². The largest absolute Gasteiger partial charge is 0.368 e. The number of nitrogen functional groups attached to an aromatic ring is 1. The number of anilines is 4. The van der Waals surface area contributed by atoms with E-state index in [2.05, 4.69) is 27.5 Å². The number of nitrogens with two attached hydrogens (primary N) is 1. The molecule has 1 fully saturated rings. The molecule has 1 aromatic heterocycles. The summed E-state index contributed by atoms with van der Waals surface area (Å²) in [6.45, 7) is 5.84. The topological polar surface area (TPSA) is 146 Å². The van der Waals surface area contributed by atoms with Crippen LogP contribution in [0.5, 0.6) is 0 Å². The van der Waals surface area contributed by atoms with E-state index in [4.69, 9.17) is 20.3 Å². The first-order valence-electron chi connectivity index (χ1n) is 12.3. The molecule has 1 aliphatic heterocycles. The summed E-state index contributed by atoms with van der Waals surface area (Å²) in [4.78, 5) is 28.9. The molecule has 10 nitrogen and oxygen atoms in total. The molecule has 1 aliphatic carbocycles. The van der Waals surface area contributed by atoms with Crippen LogP contribution < -0.4 is 21.3 Å². The number of nitrogens with one attached hydrogen (secondary N) is 2. The number of rotatable bonds is 13. The Morgan fingerprint density at radius 2 is 2.03 bits per heavy atom. The third-order valence-electron chi connectivity index (χ3n) is 6.68. The minimum absolute atomic E-state index is 0.203. The lowest BCUT2D eigenvalue weighted by Crippen LogP contribution is -2.32. The summed E-state index contributed by atoms with van der Waals surface area (Å²) in [7, 11) is -4.20. The quantitative estimate of drug-likeness (QED) is 0.206. The number of unbranched alkanes of at least 4 members (excludes halogenated alkanes) is 2. The average Bonchev–Trinajstić information content (AvgIpc) is 3.17. The Kier molecular flexibility index (Phi) is 9.61. The minimum Gasteiger partial charge on any atom is -0.368 e. The zero-order chi connectivity index (χ0) is 23.8. The first kappa shape index (κ1) is 26.0. The molecule has 2 unspecified atom stereocenters. The van der Waals surface area contributed by atoms with Crippen LogP contribution in [-0.2, 0) is 9.30 Å². The van der Waals surface area contributed by atoms with E-state index in [9.17, 15) is 4.57 Å². The summed E-state index contributed by atoms with van der Waals surface area (Å²) in [5, 5.41) is 6.93. The molecule has 2 heterocycles. The predicted octanol–water partition coefficient (Wildman–Crippen LogP) is 3.98. The second-order valence-corrected chi connectivity index (χ2v) is 11.1. The molecular weight excluding hydrogens is 443 g/mol. The van der Waals surface area contributed by atoms with Gasteiger partial charge in [-0.3, -0.25) is 4.57 Å². The summed E-state index contributed by atoms with van der Waals surface area (Å²) in [6.07, 6.45) is 10.7. The molecule has 6 N–H and O–H groups in total. The van der Waals surface area contributed by atoms with Crippen molar-refractivity contribution < 1.29 is 19.1 Å². The normalized spacial score (nSPS) is 18.6. The summed E-state index contributed by atoms with van der Waals surface area (Å²) in [6, 6.07) is 0. The standard InChI is InChI=1S/C22H41N6O4P/c1-3-4-6-11-18(17-9-7-5-8-10-17)12-24-20-19-21(27-22(23)26-20)28(14-25-19)13-16(2)32-15-33(29,30)31/h16-18,25H,3-15H2,1-2H3,(H2,29,30,31)(H3,23,24,26,27). The van der Waals surface area contributed by atoms with Crippen LogP contribution in [0.2, 0.25) is 0 Å². The van der Waals surface area contributed by atoms with Crippen LogP contribution in [0.25, 0.3) is 0 Å². The number of aromatic nitrogens is 2. The van der Waals surface area contributed by atoms with Gasteiger partial charge < -0.3 is 35.8 Å². The Hall–Kier alpha value is -1.61. The van der Waals surface area contributed by atoms with Gasteiger partial charge >= 0.3 is 7.60 Å². The van der Waals surface area contributed by atoms with E-state index in [1.165, 1.54) is 57.8 Å². The van der Waals surface area contributed by atoms with Gasteiger partial charge in [0.2, 0.25) is 5.95 Å². The first-order valence-corrected chi connectivity index (χ1v) is 14.1. The highest BCUT2D eigenvalue weighted by molar-refractivity contribution is 7.51. The molecular formula is C22H41N6O4P. The summed E-state index contributed by atoms with van der Waals surface area (Å²) in [5.74, 6) is 3.01. The van der Waals surface area contributed by atoms with Gasteiger partial charge in [0.05, 0.1) is 12.8 Å². The maximum Gasteiger partial charge on any atom is 0.350 e. The molecule has 3 rings (SSSR count). The molecule has 0 bridgehead atoms. The Morgan fingerprint density at radius 1 is 1.27 bits per heavy atom. The molecule has 0 spiro atoms. The van der Waals surface area contributed by atoms with Gasteiger partial charge in [-0.15, -0.1) is 0 Å². The van der Waals surface area contributed by atoms with E-state index in [1.54, 1.807) is 6.92 Å². The first-order chi connectivity index (χ1) is 15.8. The monoisotopic (exact) mass is 484 g/mol. The fraction of sp³-hybridized carbons (Fsp3) is 0.818.